The average molecular weight is 522 g/mol. The smallest absolute Gasteiger partial charge is 0.264 e. The van der Waals surface area contributed by atoms with Crippen LogP contribution in [-0.2, 0) is 16.1 Å². The normalized spacial score (nSPS) is 16.6. The highest BCUT2D eigenvalue weighted by atomic mass is 127. The minimum atomic E-state index is -0.802. The largest absolute Gasteiger partial charge is 0.320 e. The molecule has 0 bridgehead atoms. The van der Waals surface area contributed by atoms with Gasteiger partial charge in [-0.15, -0.1) is 22.7 Å². The molecule has 2 aromatic heterocycles. The molecule has 0 spiro atoms. The van der Waals surface area contributed by atoms with E-state index in [2.05, 4.69) is 22.6 Å². The van der Waals surface area contributed by atoms with Crippen molar-refractivity contribution in [3.63, 3.8) is 0 Å². The third-order valence-electron chi connectivity index (χ3n) is 4.48. The Hall–Kier alpha value is -2.04. The molecule has 1 aromatic carbocycles. The van der Waals surface area contributed by atoms with E-state index in [4.69, 9.17) is 0 Å². The van der Waals surface area contributed by atoms with Crippen molar-refractivity contribution in [2.75, 3.05) is 4.90 Å². The number of halogens is 1. The Labute approximate surface area is 183 Å². The lowest BCUT2D eigenvalue weighted by atomic mass is 10.2. The summed E-state index contributed by atoms with van der Waals surface area (Å²) in [6.07, 6.45) is -0.00664. The zero-order chi connectivity index (χ0) is 19.7. The number of imide groups is 1. The van der Waals surface area contributed by atoms with Crippen molar-refractivity contribution in [1.29, 1.82) is 0 Å². The lowest BCUT2D eigenvalue weighted by Crippen LogP contribution is -2.44. The maximum absolute atomic E-state index is 13.2. The molecule has 1 unspecified atom stereocenters. The van der Waals surface area contributed by atoms with Crippen LogP contribution in [0.2, 0.25) is 0 Å². The fourth-order valence-corrected chi connectivity index (χ4v) is 4.90. The van der Waals surface area contributed by atoms with E-state index in [0.29, 0.717) is 17.1 Å². The Kier molecular flexibility index (Phi) is 5.61. The quantitative estimate of drug-likeness (QED) is 0.369. The Bertz CT molecular complexity index is 1000. The van der Waals surface area contributed by atoms with Crippen molar-refractivity contribution in [3.8, 4) is 0 Å². The van der Waals surface area contributed by atoms with Gasteiger partial charge in [-0.2, -0.15) is 0 Å². The Morgan fingerprint density at radius 2 is 1.79 bits per heavy atom. The molecule has 1 fully saturated rings. The van der Waals surface area contributed by atoms with E-state index < -0.39 is 6.04 Å². The number of thiophene rings is 2. The van der Waals surface area contributed by atoms with Crippen LogP contribution in [0.3, 0.4) is 0 Å². The highest BCUT2D eigenvalue weighted by Crippen LogP contribution is 2.29. The maximum Gasteiger partial charge on any atom is 0.264 e. The second-order valence-electron chi connectivity index (χ2n) is 6.25. The summed E-state index contributed by atoms with van der Waals surface area (Å²) in [5, 5.41) is 3.76. The van der Waals surface area contributed by atoms with Crippen molar-refractivity contribution in [3.05, 3.63) is 72.6 Å². The lowest BCUT2D eigenvalue weighted by Gasteiger charge is -2.26. The minimum absolute atomic E-state index is 0.00664. The lowest BCUT2D eigenvalue weighted by molar-refractivity contribution is -0.122. The average Bonchev–Trinajstić information content (AvgIpc) is 3.43. The van der Waals surface area contributed by atoms with Gasteiger partial charge in [0.1, 0.15) is 6.04 Å². The van der Waals surface area contributed by atoms with E-state index in [9.17, 15) is 14.4 Å². The fraction of sp³-hybridized carbons (Fsp3) is 0.150. The molecule has 1 aliphatic rings. The maximum atomic E-state index is 13.2. The number of carbonyl (C=O) groups excluding carboxylic acids is 3. The van der Waals surface area contributed by atoms with Crippen LogP contribution in [0.4, 0.5) is 5.69 Å². The first kappa shape index (κ1) is 19.3. The van der Waals surface area contributed by atoms with Crippen LogP contribution in [0, 0.1) is 3.57 Å². The standard InChI is InChI=1S/C20H15IN2O3S2/c21-13-5-7-14(8-6-13)23-18(24)11-16(19(23)25)22(12-15-3-1-9-27-15)20(26)17-4-2-10-28-17/h1-10,16H,11-12H2. The molecular weight excluding hydrogens is 507 g/mol. The van der Waals surface area contributed by atoms with Crippen LogP contribution in [0.25, 0.3) is 0 Å². The number of hydrogen-bond acceptors (Lipinski definition) is 5. The van der Waals surface area contributed by atoms with Crippen molar-refractivity contribution >= 4 is 68.7 Å². The number of carbonyl (C=O) groups is 3. The zero-order valence-corrected chi connectivity index (χ0v) is 18.4. The molecule has 0 N–H and O–H groups in total. The van der Waals surface area contributed by atoms with E-state index >= 15 is 0 Å². The van der Waals surface area contributed by atoms with Crippen LogP contribution >= 0.6 is 45.3 Å². The third kappa shape index (κ3) is 3.76. The van der Waals surface area contributed by atoms with Crippen molar-refractivity contribution in [2.24, 2.45) is 0 Å². The number of anilines is 1. The summed E-state index contributed by atoms with van der Waals surface area (Å²) in [5.41, 5.74) is 0.539. The van der Waals surface area contributed by atoms with Gasteiger partial charge in [0.2, 0.25) is 5.91 Å². The van der Waals surface area contributed by atoms with Crippen LogP contribution in [0.15, 0.2) is 59.3 Å². The molecular formula is C20H15IN2O3S2. The summed E-state index contributed by atoms with van der Waals surface area (Å²) in [6, 6.07) is 13.8. The van der Waals surface area contributed by atoms with Crippen LogP contribution in [-0.4, -0.2) is 28.7 Å². The number of rotatable bonds is 5. The Morgan fingerprint density at radius 3 is 2.43 bits per heavy atom. The Morgan fingerprint density at radius 1 is 1.07 bits per heavy atom. The van der Waals surface area contributed by atoms with Gasteiger partial charge >= 0.3 is 0 Å². The van der Waals surface area contributed by atoms with Gasteiger partial charge in [0.05, 0.1) is 23.5 Å². The number of benzene rings is 1. The van der Waals surface area contributed by atoms with Gasteiger partial charge in [-0.25, -0.2) is 4.90 Å². The van der Waals surface area contributed by atoms with Crippen molar-refractivity contribution in [2.45, 2.75) is 19.0 Å². The van der Waals surface area contributed by atoms with Gasteiger partial charge in [0, 0.05) is 8.45 Å². The molecule has 5 nitrogen and oxygen atoms in total. The SMILES string of the molecule is O=C1CC(N(Cc2cccs2)C(=O)c2cccs2)C(=O)N1c1ccc(I)cc1. The second-order valence-corrected chi connectivity index (χ2v) is 9.48. The number of hydrogen-bond donors (Lipinski definition) is 0. The van der Waals surface area contributed by atoms with Gasteiger partial charge in [-0.05, 0) is 69.7 Å². The monoisotopic (exact) mass is 522 g/mol. The third-order valence-corrected chi connectivity index (χ3v) is 6.92. The first-order chi connectivity index (χ1) is 13.5. The summed E-state index contributed by atoms with van der Waals surface area (Å²) >= 11 is 5.03. The zero-order valence-electron chi connectivity index (χ0n) is 14.6. The summed E-state index contributed by atoms with van der Waals surface area (Å²) < 4.78 is 1.02. The van der Waals surface area contributed by atoms with Crippen molar-refractivity contribution in [1.82, 2.24) is 4.90 Å². The molecule has 1 saturated heterocycles. The van der Waals surface area contributed by atoms with Crippen LogP contribution in [0.5, 0.6) is 0 Å². The highest BCUT2D eigenvalue weighted by molar-refractivity contribution is 14.1. The van der Waals surface area contributed by atoms with E-state index in [0.717, 1.165) is 8.45 Å². The molecule has 8 heteroatoms. The van der Waals surface area contributed by atoms with Gasteiger partial charge < -0.3 is 4.90 Å². The number of amides is 3. The second kappa shape index (κ2) is 8.14. The van der Waals surface area contributed by atoms with Crippen molar-refractivity contribution < 1.29 is 14.4 Å². The Balaban J connectivity index is 1.66. The molecule has 3 aromatic rings. The first-order valence-electron chi connectivity index (χ1n) is 8.54. The molecule has 3 heterocycles. The molecule has 0 saturated carbocycles. The van der Waals surface area contributed by atoms with Gasteiger partial charge in [0.25, 0.3) is 11.8 Å². The highest BCUT2D eigenvalue weighted by Gasteiger charge is 2.44. The molecule has 28 heavy (non-hydrogen) atoms. The van der Waals surface area contributed by atoms with Gasteiger partial charge in [0.15, 0.2) is 0 Å². The van der Waals surface area contributed by atoms with E-state index in [-0.39, 0.29) is 24.1 Å². The predicted molar refractivity (Wildman–Crippen MR) is 119 cm³/mol. The van der Waals surface area contributed by atoms with Crippen LogP contribution < -0.4 is 4.90 Å². The first-order valence-corrected chi connectivity index (χ1v) is 11.4. The summed E-state index contributed by atoms with van der Waals surface area (Å²) in [5.74, 6) is -0.863. The molecule has 1 aliphatic heterocycles. The van der Waals surface area contributed by atoms with E-state index in [1.54, 1.807) is 24.3 Å². The molecule has 1 atom stereocenters. The molecule has 0 aliphatic carbocycles. The van der Waals surface area contributed by atoms with Gasteiger partial charge in [-0.3, -0.25) is 14.4 Å². The fourth-order valence-electron chi connectivity index (χ4n) is 3.16. The topological polar surface area (TPSA) is 57.7 Å². The van der Waals surface area contributed by atoms with Gasteiger partial charge in [-0.1, -0.05) is 12.1 Å². The summed E-state index contributed by atoms with van der Waals surface area (Å²) in [7, 11) is 0. The van der Waals surface area contributed by atoms with E-state index in [1.807, 2.05) is 35.0 Å². The number of nitrogens with zero attached hydrogens (tertiary/aromatic N) is 2. The summed E-state index contributed by atoms with van der Waals surface area (Å²) in [4.78, 5) is 43.2. The minimum Gasteiger partial charge on any atom is -0.320 e. The molecule has 4 rings (SSSR count). The predicted octanol–water partition coefficient (Wildman–Crippen LogP) is 4.39. The molecule has 3 amide bonds. The molecule has 142 valence electrons. The van der Waals surface area contributed by atoms with E-state index in [1.165, 1.54) is 32.5 Å². The summed E-state index contributed by atoms with van der Waals surface area (Å²) in [6.45, 7) is 0.304. The van der Waals surface area contributed by atoms with Crippen LogP contribution in [0.1, 0.15) is 21.0 Å². The molecule has 0 radical (unpaired) electrons.